The summed E-state index contributed by atoms with van der Waals surface area (Å²) < 4.78 is 1.66. The first-order valence-corrected chi connectivity index (χ1v) is 4.71. The first kappa shape index (κ1) is 9.96. The van der Waals surface area contributed by atoms with Gasteiger partial charge in [0.2, 0.25) is 0 Å². The van der Waals surface area contributed by atoms with Gasteiger partial charge in [0.15, 0.2) is 5.78 Å². The van der Waals surface area contributed by atoms with Gasteiger partial charge in [0, 0.05) is 19.2 Å². The van der Waals surface area contributed by atoms with E-state index >= 15 is 0 Å². The molecule has 0 N–H and O–H groups in total. The molecule has 1 heterocycles. The highest BCUT2D eigenvalue weighted by atomic mass is 16.1. The molecule has 1 rings (SSSR count). The van der Waals surface area contributed by atoms with Crippen molar-refractivity contribution in [3.63, 3.8) is 0 Å². The molecule has 0 unspecified atom stereocenters. The number of aromatic nitrogens is 2. The Morgan fingerprint density at radius 2 is 2.15 bits per heavy atom. The van der Waals surface area contributed by atoms with Gasteiger partial charge in [-0.25, -0.2) is 0 Å². The molecule has 0 atom stereocenters. The Morgan fingerprint density at radius 3 is 2.54 bits per heavy atom. The molecule has 0 aliphatic rings. The van der Waals surface area contributed by atoms with Crippen molar-refractivity contribution >= 4 is 5.78 Å². The number of carbonyl (C=O) groups excluding carboxylic acids is 1. The number of aryl methyl sites for hydroxylation is 1. The number of hydrogen-bond donors (Lipinski definition) is 0. The van der Waals surface area contributed by atoms with Crippen molar-refractivity contribution in [2.75, 3.05) is 0 Å². The minimum atomic E-state index is 0.157. The summed E-state index contributed by atoms with van der Waals surface area (Å²) >= 11 is 0. The Labute approximate surface area is 78.8 Å². The third-order valence-electron chi connectivity index (χ3n) is 2.35. The molecule has 1 aromatic rings. The Balaban J connectivity index is 2.78. The zero-order valence-corrected chi connectivity index (χ0v) is 8.45. The minimum Gasteiger partial charge on any atom is -0.294 e. The normalized spacial score (nSPS) is 10.8. The standard InChI is InChI=1S/C10H16N2O/c1-4-8(5-2)10(13)9-6-11-12(3)7-9/h6-8H,4-5H2,1-3H3. The number of hydrogen-bond acceptors (Lipinski definition) is 2. The maximum absolute atomic E-state index is 11.8. The number of nitrogens with zero attached hydrogens (tertiary/aromatic N) is 2. The van der Waals surface area contributed by atoms with Gasteiger partial charge in [0.05, 0.1) is 11.8 Å². The van der Waals surface area contributed by atoms with Crippen LogP contribution < -0.4 is 0 Å². The maximum Gasteiger partial charge on any atom is 0.169 e. The highest BCUT2D eigenvalue weighted by Gasteiger charge is 2.17. The summed E-state index contributed by atoms with van der Waals surface area (Å²) in [5, 5.41) is 3.98. The van der Waals surface area contributed by atoms with Crippen LogP contribution in [0.15, 0.2) is 12.4 Å². The van der Waals surface area contributed by atoms with E-state index < -0.39 is 0 Å². The zero-order valence-electron chi connectivity index (χ0n) is 8.45. The Bertz CT molecular complexity index is 287. The van der Waals surface area contributed by atoms with Crippen LogP contribution >= 0.6 is 0 Å². The van der Waals surface area contributed by atoms with Crippen LogP contribution in [0.5, 0.6) is 0 Å². The van der Waals surface area contributed by atoms with E-state index in [9.17, 15) is 4.79 Å². The largest absolute Gasteiger partial charge is 0.294 e. The van der Waals surface area contributed by atoms with Gasteiger partial charge in [-0.1, -0.05) is 13.8 Å². The second kappa shape index (κ2) is 4.21. The van der Waals surface area contributed by atoms with Crippen LogP contribution in [0.4, 0.5) is 0 Å². The van der Waals surface area contributed by atoms with E-state index in [2.05, 4.69) is 5.10 Å². The first-order valence-electron chi connectivity index (χ1n) is 4.71. The lowest BCUT2D eigenvalue weighted by atomic mass is 9.95. The molecule has 3 heteroatoms. The Morgan fingerprint density at radius 1 is 1.54 bits per heavy atom. The number of Topliss-reactive ketones (excluding diaryl/α,β-unsaturated/α-hetero) is 1. The SMILES string of the molecule is CCC(CC)C(=O)c1cnn(C)c1. The molecule has 13 heavy (non-hydrogen) atoms. The monoisotopic (exact) mass is 180 g/mol. The molecular weight excluding hydrogens is 164 g/mol. The van der Waals surface area contributed by atoms with E-state index in [0.717, 1.165) is 18.4 Å². The number of carbonyl (C=O) groups is 1. The van der Waals surface area contributed by atoms with Crippen LogP contribution in [0.3, 0.4) is 0 Å². The molecule has 0 aromatic carbocycles. The molecule has 1 aromatic heterocycles. The van der Waals surface area contributed by atoms with Crippen LogP contribution in [0, 0.1) is 5.92 Å². The summed E-state index contributed by atoms with van der Waals surface area (Å²) in [6, 6.07) is 0. The lowest BCUT2D eigenvalue weighted by Gasteiger charge is -2.08. The van der Waals surface area contributed by atoms with Crippen LogP contribution in [-0.2, 0) is 7.05 Å². The number of ketones is 1. The van der Waals surface area contributed by atoms with Gasteiger partial charge < -0.3 is 0 Å². The van der Waals surface area contributed by atoms with Crippen molar-refractivity contribution in [1.29, 1.82) is 0 Å². The van der Waals surface area contributed by atoms with E-state index in [-0.39, 0.29) is 11.7 Å². The molecule has 0 bridgehead atoms. The second-order valence-electron chi connectivity index (χ2n) is 3.28. The van der Waals surface area contributed by atoms with Crippen LogP contribution in [0.1, 0.15) is 37.0 Å². The van der Waals surface area contributed by atoms with Gasteiger partial charge >= 0.3 is 0 Å². The van der Waals surface area contributed by atoms with Crippen molar-refractivity contribution in [3.8, 4) is 0 Å². The molecular formula is C10H16N2O. The Hall–Kier alpha value is -1.12. The molecule has 0 amide bonds. The van der Waals surface area contributed by atoms with Crippen LogP contribution in [-0.4, -0.2) is 15.6 Å². The summed E-state index contributed by atoms with van der Waals surface area (Å²) in [5.41, 5.74) is 0.733. The van der Waals surface area contributed by atoms with E-state index in [0.29, 0.717) is 0 Å². The van der Waals surface area contributed by atoms with Crippen molar-refractivity contribution in [1.82, 2.24) is 9.78 Å². The third kappa shape index (κ3) is 2.17. The average Bonchev–Trinajstić information content (AvgIpc) is 2.54. The lowest BCUT2D eigenvalue weighted by Crippen LogP contribution is -2.12. The highest BCUT2D eigenvalue weighted by molar-refractivity contribution is 5.97. The second-order valence-corrected chi connectivity index (χ2v) is 3.28. The van der Waals surface area contributed by atoms with Crippen LogP contribution in [0.25, 0.3) is 0 Å². The molecule has 0 spiro atoms. The van der Waals surface area contributed by atoms with Gasteiger partial charge in [-0.05, 0) is 12.8 Å². The van der Waals surface area contributed by atoms with Crippen molar-refractivity contribution in [3.05, 3.63) is 18.0 Å². The average molecular weight is 180 g/mol. The lowest BCUT2D eigenvalue weighted by molar-refractivity contribution is 0.0913. The predicted octanol–water partition coefficient (Wildman–Crippen LogP) is 2.04. The Kier molecular flexibility index (Phi) is 3.23. The molecule has 0 radical (unpaired) electrons. The third-order valence-corrected chi connectivity index (χ3v) is 2.35. The summed E-state index contributed by atoms with van der Waals surface area (Å²) in [7, 11) is 1.82. The van der Waals surface area contributed by atoms with E-state index in [1.54, 1.807) is 17.1 Å². The van der Waals surface area contributed by atoms with Gasteiger partial charge in [-0.15, -0.1) is 0 Å². The molecule has 0 aliphatic heterocycles. The highest BCUT2D eigenvalue weighted by Crippen LogP contribution is 2.14. The first-order chi connectivity index (χ1) is 6.19. The fourth-order valence-corrected chi connectivity index (χ4v) is 1.44. The molecule has 0 saturated carbocycles. The van der Waals surface area contributed by atoms with E-state index in [1.807, 2.05) is 20.9 Å². The van der Waals surface area contributed by atoms with E-state index in [4.69, 9.17) is 0 Å². The number of rotatable bonds is 4. The molecule has 3 nitrogen and oxygen atoms in total. The topological polar surface area (TPSA) is 34.9 Å². The minimum absolute atomic E-state index is 0.157. The van der Waals surface area contributed by atoms with Crippen molar-refractivity contribution in [2.24, 2.45) is 13.0 Å². The zero-order chi connectivity index (χ0) is 9.84. The predicted molar refractivity (Wildman–Crippen MR) is 51.6 cm³/mol. The molecule has 0 fully saturated rings. The quantitative estimate of drug-likeness (QED) is 0.664. The van der Waals surface area contributed by atoms with Gasteiger partial charge in [0.25, 0.3) is 0 Å². The molecule has 0 aliphatic carbocycles. The smallest absolute Gasteiger partial charge is 0.169 e. The fraction of sp³-hybridized carbons (Fsp3) is 0.600. The van der Waals surface area contributed by atoms with Crippen molar-refractivity contribution in [2.45, 2.75) is 26.7 Å². The summed E-state index contributed by atoms with van der Waals surface area (Å²) in [6.07, 6.45) is 5.23. The van der Waals surface area contributed by atoms with Gasteiger partial charge in [-0.2, -0.15) is 5.10 Å². The van der Waals surface area contributed by atoms with Gasteiger partial charge in [-0.3, -0.25) is 9.48 Å². The van der Waals surface area contributed by atoms with Gasteiger partial charge in [0.1, 0.15) is 0 Å². The summed E-state index contributed by atoms with van der Waals surface area (Å²) in [4.78, 5) is 11.8. The summed E-state index contributed by atoms with van der Waals surface area (Å²) in [6.45, 7) is 4.09. The van der Waals surface area contributed by atoms with Crippen LogP contribution in [0.2, 0.25) is 0 Å². The fourth-order valence-electron chi connectivity index (χ4n) is 1.44. The van der Waals surface area contributed by atoms with E-state index in [1.165, 1.54) is 0 Å². The summed E-state index contributed by atoms with van der Waals surface area (Å²) in [5.74, 6) is 0.377. The van der Waals surface area contributed by atoms with Crippen molar-refractivity contribution < 1.29 is 4.79 Å². The maximum atomic E-state index is 11.8. The molecule has 0 saturated heterocycles. The molecule has 72 valence electrons.